The summed E-state index contributed by atoms with van der Waals surface area (Å²) in [6, 6.07) is 3.54. The lowest BCUT2D eigenvalue weighted by Gasteiger charge is -2.32. The Balaban J connectivity index is 2.19. The van der Waals surface area contributed by atoms with Gasteiger partial charge in [0.1, 0.15) is 5.82 Å². The number of hydrogen-bond donors (Lipinski definition) is 1. The fraction of sp³-hybridized carbons (Fsp3) is 0.571. The van der Waals surface area contributed by atoms with Gasteiger partial charge in [-0.25, -0.2) is 4.98 Å². The van der Waals surface area contributed by atoms with Crippen LogP contribution in [0.2, 0.25) is 0 Å². The Labute approximate surface area is 114 Å². The minimum atomic E-state index is 0.0594. The van der Waals surface area contributed by atoms with Crippen LogP contribution in [0.25, 0.3) is 0 Å². The van der Waals surface area contributed by atoms with E-state index in [9.17, 15) is 4.79 Å². The molecule has 1 aromatic heterocycles. The molecule has 2 heterocycles. The number of nitrogens with two attached hydrogens (primary N) is 1. The first-order chi connectivity index (χ1) is 8.97. The van der Waals surface area contributed by atoms with E-state index in [1.54, 1.807) is 6.07 Å². The minimum Gasteiger partial charge on any atom is -0.384 e. The Morgan fingerprint density at radius 2 is 1.89 bits per heavy atom. The highest BCUT2D eigenvalue weighted by Gasteiger charge is 2.21. The molecule has 0 saturated carbocycles. The molecule has 0 radical (unpaired) electrons. The van der Waals surface area contributed by atoms with Crippen LogP contribution in [0, 0.1) is 0 Å². The predicted molar refractivity (Wildman–Crippen MR) is 76.1 cm³/mol. The van der Waals surface area contributed by atoms with Gasteiger partial charge in [0.2, 0.25) is 0 Å². The number of rotatable bonds is 2. The van der Waals surface area contributed by atoms with Crippen LogP contribution in [0.3, 0.4) is 0 Å². The molecule has 0 bridgehead atoms. The number of carbonyl (C=O) groups is 1. The van der Waals surface area contributed by atoms with Gasteiger partial charge in [0, 0.05) is 37.4 Å². The lowest BCUT2D eigenvalue weighted by molar-refractivity contribution is 0.0664. The molecule has 104 valence electrons. The molecular weight excluding hydrogens is 240 g/mol. The summed E-state index contributed by atoms with van der Waals surface area (Å²) >= 11 is 0. The van der Waals surface area contributed by atoms with Crippen LogP contribution in [0.4, 0.5) is 5.82 Å². The molecule has 1 amide bonds. The molecule has 1 fully saturated rings. The van der Waals surface area contributed by atoms with E-state index < -0.39 is 0 Å². The van der Waals surface area contributed by atoms with Crippen molar-refractivity contribution in [2.24, 2.45) is 0 Å². The quantitative estimate of drug-likeness (QED) is 0.869. The number of pyridine rings is 1. The normalized spacial score (nSPS) is 16.9. The monoisotopic (exact) mass is 262 g/mol. The van der Waals surface area contributed by atoms with Crippen LogP contribution in [-0.4, -0.2) is 53.9 Å². The van der Waals surface area contributed by atoms with Gasteiger partial charge in [0.15, 0.2) is 0 Å². The smallest absolute Gasteiger partial charge is 0.254 e. The third-order valence-electron chi connectivity index (χ3n) is 3.49. The third kappa shape index (κ3) is 3.23. The van der Waals surface area contributed by atoms with Gasteiger partial charge in [-0.2, -0.15) is 0 Å². The highest BCUT2D eigenvalue weighted by atomic mass is 16.2. The lowest BCUT2D eigenvalue weighted by atomic mass is 10.1. The van der Waals surface area contributed by atoms with Crippen molar-refractivity contribution in [2.75, 3.05) is 39.0 Å². The van der Waals surface area contributed by atoms with E-state index in [1.165, 1.54) is 0 Å². The Morgan fingerprint density at radius 1 is 1.26 bits per heavy atom. The lowest BCUT2D eigenvalue weighted by Crippen LogP contribution is -2.47. The summed E-state index contributed by atoms with van der Waals surface area (Å²) in [6.45, 7) is 7.48. The van der Waals surface area contributed by atoms with Gasteiger partial charge in [-0.05, 0) is 25.1 Å². The number of piperazine rings is 1. The second-order valence-electron chi connectivity index (χ2n) is 5.46. The number of nitrogen functional groups attached to an aromatic ring is 1. The zero-order chi connectivity index (χ0) is 14.0. The average Bonchev–Trinajstić information content (AvgIpc) is 2.38. The van der Waals surface area contributed by atoms with Gasteiger partial charge in [-0.3, -0.25) is 4.79 Å². The number of aromatic nitrogens is 1. The summed E-state index contributed by atoms with van der Waals surface area (Å²) in [5.41, 5.74) is 7.32. The van der Waals surface area contributed by atoms with E-state index in [-0.39, 0.29) is 11.8 Å². The van der Waals surface area contributed by atoms with Gasteiger partial charge < -0.3 is 15.5 Å². The first-order valence-corrected chi connectivity index (χ1v) is 6.72. The Hall–Kier alpha value is -1.62. The fourth-order valence-corrected chi connectivity index (χ4v) is 2.19. The standard InChI is InChI=1S/C14H22N4O/c1-10(2)12-8-11(9-13(15)16-12)14(19)18-6-4-17(3)5-7-18/h8-10H,4-7H2,1-3H3,(H2,15,16). The fourth-order valence-electron chi connectivity index (χ4n) is 2.19. The number of anilines is 1. The average molecular weight is 262 g/mol. The number of likely N-dealkylation sites (N-methyl/N-ethyl adjacent to an activating group) is 1. The molecule has 0 atom stereocenters. The summed E-state index contributed by atoms with van der Waals surface area (Å²) in [7, 11) is 2.07. The van der Waals surface area contributed by atoms with Crippen molar-refractivity contribution in [3.63, 3.8) is 0 Å². The van der Waals surface area contributed by atoms with Crippen LogP contribution in [0.5, 0.6) is 0 Å². The zero-order valence-corrected chi connectivity index (χ0v) is 11.9. The summed E-state index contributed by atoms with van der Waals surface area (Å²) in [6.07, 6.45) is 0. The molecule has 1 saturated heterocycles. The Morgan fingerprint density at radius 3 is 2.47 bits per heavy atom. The molecule has 1 aromatic rings. The number of carbonyl (C=O) groups excluding carboxylic acids is 1. The van der Waals surface area contributed by atoms with E-state index >= 15 is 0 Å². The van der Waals surface area contributed by atoms with Crippen molar-refractivity contribution >= 4 is 11.7 Å². The van der Waals surface area contributed by atoms with Crippen LogP contribution in [-0.2, 0) is 0 Å². The first-order valence-electron chi connectivity index (χ1n) is 6.72. The zero-order valence-electron chi connectivity index (χ0n) is 11.9. The number of amides is 1. The predicted octanol–water partition coefficient (Wildman–Crippen LogP) is 1.17. The van der Waals surface area contributed by atoms with Crippen molar-refractivity contribution in [3.05, 3.63) is 23.4 Å². The summed E-state index contributed by atoms with van der Waals surface area (Å²) in [5.74, 6) is 0.746. The maximum atomic E-state index is 12.5. The summed E-state index contributed by atoms with van der Waals surface area (Å²) in [5, 5.41) is 0. The number of nitrogens with zero attached hydrogens (tertiary/aromatic N) is 3. The Bertz CT molecular complexity index is 465. The molecule has 2 N–H and O–H groups in total. The van der Waals surface area contributed by atoms with Gasteiger partial charge in [-0.15, -0.1) is 0 Å². The second kappa shape index (κ2) is 5.57. The third-order valence-corrected chi connectivity index (χ3v) is 3.49. The van der Waals surface area contributed by atoms with E-state index in [0.29, 0.717) is 11.4 Å². The molecule has 1 aliphatic rings. The molecule has 0 aliphatic carbocycles. The number of hydrogen-bond acceptors (Lipinski definition) is 4. The van der Waals surface area contributed by atoms with Gasteiger partial charge in [-0.1, -0.05) is 13.8 Å². The second-order valence-corrected chi connectivity index (χ2v) is 5.46. The van der Waals surface area contributed by atoms with Crippen molar-refractivity contribution in [2.45, 2.75) is 19.8 Å². The van der Waals surface area contributed by atoms with Crippen LogP contribution < -0.4 is 5.73 Å². The Kier molecular flexibility index (Phi) is 4.04. The van der Waals surface area contributed by atoms with E-state index in [2.05, 4.69) is 16.9 Å². The van der Waals surface area contributed by atoms with E-state index in [0.717, 1.165) is 31.9 Å². The molecule has 1 aliphatic heterocycles. The SMILES string of the molecule is CC(C)c1cc(C(=O)N2CCN(C)CC2)cc(N)n1. The van der Waals surface area contributed by atoms with Crippen molar-refractivity contribution in [1.82, 2.24) is 14.8 Å². The maximum Gasteiger partial charge on any atom is 0.254 e. The largest absolute Gasteiger partial charge is 0.384 e. The molecule has 0 unspecified atom stereocenters. The van der Waals surface area contributed by atoms with E-state index in [4.69, 9.17) is 5.73 Å². The molecule has 2 rings (SSSR count). The molecule has 5 nitrogen and oxygen atoms in total. The van der Waals surface area contributed by atoms with Crippen molar-refractivity contribution in [3.8, 4) is 0 Å². The van der Waals surface area contributed by atoms with Crippen LogP contribution in [0.15, 0.2) is 12.1 Å². The summed E-state index contributed by atoms with van der Waals surface area (Å²) in [4.78, 5) is 20.8. The highest BCUT2D eigenvalue weighted by Crippen LogP contribution is 2.17. The van der Waals surface area contributed by atoms with Gasteiger partial charge in [0.25, 0.3) is 5.91 Å². The topological polar surface area (TPSA) is 62.5 Å². The van der Waals surface area contributed by atoms with Crippen molar-refractivity contribution < 1.29 is 4.79 Å². The molecule has 19 heavy (non-hydrogen) atoms. The van der Waals surface area contributed by atoms with E-state index in [1.807, 2.05) is 24.8 Å². The minimum absolute atomic E-state index is 0.0594. The molecule has 0 spiro atoms. The maximum absolute atomic E-state index is 12.5. The van der Waals surface area contributed by atoms with Gasteiger partial charge >= 0.3 is 0 Å². The van der Waals surface area contributed by atoms with Crippen molar-refractivity contribution in [1.29, 1.82) is 0 Å². The molecule has 5 heteroatoms. The first kappa shape index (κ1) is 13.8. The highest BCUT2D eigenvalue weighted by molar-refractivity contribution is 5.95. The van der Waals surface area contributed by atoms with Gasteiger partial charge in [0.05, 0.1) is 0 Å². The summed E-state index contributed by atoms with van der Waals surface area (Å²) < 4.78 is 0. The van der Waals surface area contributed by atoms with Crippen LogP contribution in [0.1, 0.15) is 35.8 Å². The molecule has 0 aromatic carbocycles. The molecular formula is C14H22N4O. The van der Waals surface area contributed by atoms with Crippen LogP contribution >= 0.6 is 0 Å².